The summed E-state index contributed by atoms with van der Waals surface area (Å²) in [5.41, 5.74) is 2.41. The molecular formula is C20H23BrN2O2S. The molecule has 2 aromatic rings. The Bertz CT molecular complexity index is 731. The number of rotatable bonds is 6. The van der Waals surface area contributed by atoms with E-state index < -0.39 is 0 Å². The van der Waals surface area contributed by atoms with Crippen molar-refractivity contribution in [3.8, 4) is 5.75 Å². The van der Waals surface area contributed by atoms with Crippen molar-refractivity contribution in [2.24, 2.45) is 0 Å². The number of amides is 1. The van der Waals surface area contributed by atoms with Gasteiger partial charge >= 0.3 is 0 Å². The van der Waals surface area contributed by atoms with E-state index in [0.717, 1.165) is 42.2 Å². The summed E-state index contributed by atoms with van der Waals surface area (Å²) in [7, 11) is 1.67. The third-order valence-corrected chi connectivity index (χ3v) is 6.25. The standard InChI is InChI=1S/C20H23BrN2O2S/c1-25-18-8-6-17(7-9-18)22-10-12-23(13-11-22)20(24)15-26-14-16-4-2-3-5-19(16)21/h2-9H,10-15H2,1H3. The van der Waals surface area contributed by atoms with Gasteiger partial charge in [-0.05, 0) is 35.9 Å². The zero-order chi connectivity index (χ0) is 18.4. The molecule has 0 aromatic heterocycles. The highest BCUT2D eigenvalue weighted by molar-refractivity contribution is 9.10. The normalized spacial score (nSPS) is 14.4. The van der Waals surface area contributed by atoms with E-state index in [2.05, 4.69) is 39.0 Å². The van der Waals surface area contributed by atoms with E-state index in [1.165, 1.54) is 11.3 Å². The maximum atomic E-state index is 12.5. The highest BCUT2D eigenvalue weighted by Crippen LogP contribution is 2.23. The average Bonchev–Trinajstić information content (AvgIpc) is 2.69. The Kier molecular flexibility index (Phi) is 6.86. The molecule has 26 heavy (non-hydrogen) atoms. The quantitative estimate of drug-likeness (QED) is 0.686. The van der Waals surface area contributed by atoms with Crippen LogP contribution in [0.3, 0.4) is 0 Å². The molecular weight excluding hydrogens is 412 g/mol. The van der Waals surface area contributed by atoms with Gasteiger partial charge in [0.05, 0.1) is 12.9 Å². The molecule has 0 spiro atoms. The van der Waals surface area contributed by atoms with Crippen molar-refractivity contribution in [3.05, 3.63) is 58.6 Å². The third kappa shape index (κ3) is 4.95. The maximum absolute atomic E-state index is 12.5. The Morgan fingerprint density at radius 3 is 2.42 bits per heavy atom. The number of carbonyl (C=O) groups is 1. The van der Waals surface area contributed by atoms with E-state index in [1.807, 2.05) is 35.2 Å². The van der Waals surface area contributed by atoms with Crippen molar-refractivity contribution >= 4 is 39.3 Å². The van der Waals surface area contributed by atoms with Crippen LogP contribution in [0.2, 0.25) is 0 Å². The lowest BCUT2D eigenvalue weighted by Crippen LogP contribution is -2.49. The number of thioether (sulfide) groups is 1. The van der Waals surface area contributed by atoms with Crippen LogP contribution in [0.4, 0.5) is 5.69 Å². The van der Waals surface area contributed by atoms with Crippen LogP contribution in [0.25, 0.3) is 0 Å². The molecule has 1 heterocycles. The van der Waals surface area contributed by atoms with Gasteiger partial charge in [-0.3, -0.25) is 4.79 Å². The summed E-state index contributed by atoms with van der Waals surface area (Å²) in [4.78, 5) is 16.8. The van der Waals surface area contributed by atoms with Crippen LogP contribution >= 0.6 is 27.7 Å². The number of anilines is 1. The molecule has 1 aliphatic rings. The Morgan fingerprint density at radius 2 is 1.77 bits per heavy atom. The first-order valence-electron chi connectivity index (χ1n) is 8.65. The molecule has 0 unspecified atom stereocenters. The molecule has 0 radical (unpaired) electrons. The fraction of sp³-hybridized carbons (Fsp3) is 0.350. The lowest BCUT2D eigenvalue weighted by Gasteiger charge is -2.36. The summed E-state index contributed by atoms with van der Waals surface area (Å²) >= 11 is 5.23. The number of ether oxygens (including phenoxy) is 1. The minimum Gasteiger partial charge on any atom is -0.497 e. The zero-order valence-electron chi connectivity index (χ0n) is 14.9. The molecule has 1 saturated heterocycles. The van der Waals surface area contributed by atoms with E-state index in [4.69, 9.17) is 4.74 Å². The fourth-order valence-electron chi connectivity index (χ4n) is 2.96. The summed E-state index contributed by atoms with van der Waals surface area (Å²) in [6, 6.07) is 16.3. The third-order valence-electron chi connectivity index (χ3n) is 4.51. The monoisotopic (exact) mass is 434 g/mol. The summed E-state index contributed by atoms with van der Waals surface area (Å²) in [6.45, 7) is 3.29. The molecule has 0 N–H and O–H groups in total. The molecule has 4 nitrogen and oxygen atoms in total. The molecule has 0 bridgehead atoms. The van der Waals surface area contributed by atoms with Crippen molar-refractivity contribution in [1.29, 1.82) is 0 Å². The van der Waals surface area contributed by atoms with Crippen LogP contribution in [-0.2, 0) is 10.5 Å². The van der Waals surface area contributed by atoms with Crippen molar-refractivity contribution < 1.29 is 9.53 Å². The van der Waals surface area contributed by atoms with Gasteiger partial charge in [-0.2, -0.15) is 0 Å². The minimum absolute atomic E-state index is 0.233. The second-order valence-corrected chi connectivity index (χ2v) is 7.99. The molecule has 0 aliphatic carbocycles. The first-order valence-corrected chi connectivity index (χ1v) is 10.6. The van der Waals surface area contributed by atoms with Gasteiger partial charge in [-0.1, -0.05) is 34.1 Å². The topological polar surface area (TPSA) is 32.8 Å². The van der Waals surface area contributed by atoms with Gasteiger partial charge in [0.1, 0.15) is 5.75 Å². The number of halogens is 1. The SMILES string of the molecule is COc1ccc(N2CCN(C(=O)CSCc3ccccc3Br)CC2)cc1. The molecule has 1 fully saturated rings. The van der Waals surface area contributed by atoms with Crippen LogP contribution in [0, 0.1) is 0 Å². The minimum atomic E-state index is 0.233. The van der Waals surface area contributed by atoms with Gasteiger partial charge in [0.25, 0.3) is 0 Å². The average molecular weight is 435 g/mol. The highest BCUT2D eigenvalue weighted by atomic mass is 79.9. The molecule has 6 heteroatoms. The van der Waals surface area contributed by atoms with Gasteiger partial charge in [0, 0.05) is 42.1 Å². The molecule has 1 amide bonds. The maximum Gasteiger partial charge on any atom is 0.232 e. The summed E-state index contributed by atoms with van der Waals surface area (Å²) < 4.78 is 6.31. The summed E-state index contributed by atoms with van der Waals surface area (Å²) in [6.07, 6.45) is 0. The molecule has 3 rings (SSSR count). The Balaban J connectivity index is 1.43. The fourth-order valence-corrected chi connectivity index (χ4v) is 4.50. The lowest BCUT2D eigenvalue weighted by atomic mass is 10.2. The molecule has 0 saturated carbocycles. The van der Waals surface area contributed by atoms with E-state index in [0.29, 0.717) is 5.75 Å². The molecule has 1 aliphatic heterocycles. The first-order chi connectivity index (χ1) is 12.7. The van der Waals surface area contributed by atoms with Gasteiger partial charge in [-0.25, -0.2) is 0 Å². The molecule has 2 aromatic carbocycles. The zero-order valence-corrected chi connectivity index (χ0v) is 17.3. The molecule has 138 valence electrons. The number of carbonyl (C=O) groups excluding carboxylic acids is 1. The van der Waals surface area contributed by atoms with Crippen LogP contribution < -0.4 is 9.64 Å². The summed E-state index contributed by atoms with van der Waals surface area (Å²) in [5, 5.41) is 0. The van der Waals surface area contributed by atoms with Crippen LogP contribution in [0.15, 0.2) is 53.0 Å². The number of nitrogens with zero attached hydrogens (tertiary/aromatic N) is 2. The van der Waals surface area contributed by atoms with E-state index in [-0.39, 0.29) is 5.91 Å². The largest absolute Gasteiger partial charge is 0.497 e. The Morgan fingerprint density at radius 1 is 1.08 bits per heavy atom. The Labute approximate surface area is 167 Å². The smallest absolute Gasteiger partial charge is 0.232 e. The van der Waals surface area contributed by atoms with Crippen molar-refractivity contribution in [1.82, 2.24) is 4.90 Å². The number of hydrogen-bond donors (Lipinski definition) is 0. The van der Waals surface area contributed by atoms with Crippen molar-refractivity contribution in [2.75, 3.05) is 43.9 Å². The number of benzene rings is 2. The number of methoxy groups -OCH3 is 1. The van der Waals surface area contributed by atoms with E-state index in [9.17, 15) is 4.79 Å². The highest BCUT2D eigenvalue weighted by Gasteiger charge is 2.21. The van der Waals surface area contributed by atoms with E-state index >= 15 is 0 Å². The second kappa shape index (κ2) is 9.33. The van der Waals surface area contributed by atoms with Crippen LogP contribution in [0.5, 0.6) is 5.75 Å². The predicted molar refractivity (Wildman–Crippen MR) is 112 cm³/mol. The molecule has 0 atom stereocenters. The number of piperazine rings is 1. The van der Waals surface area contributed by atoms with E-state index in [1.54, 1.807) is 18.9 Å². The van der Waals surface area contributed by atoms with Gasteiger partial charge in [-0.15, -0.1) is 11.8 Å². The summed E-state index contributed by atoms with van der Waals surface area (Å²) in [5.74, 6) is 2.48. The van der Waals surface area contributed by atoms with Crippen LogP contribution in [-0.4, -0.2) is 49.8 Å². The predicted octanol–water partition coefficient (Wildman–Crippen LogP) is 4.04. The first kappa shape index (κ1) is 19.1. The van der Waals surface area contributed by atoms with Gasteiger partial charge in [0.2, 0.25) is 5.91 Å². The van der Waals surface area contributed by atoms with Crippen molar-refractivity contribution in [3.63, 3.8) is 0 Å². The second-order valence-electron chi connectivity index (χ2n) is 6.15. The van der Waals surface area contributed by atoms with Gasteiger partial charge < -0.3 is 14.5 Å². The Hall–Kier alpha value is -1.66. The number of hydrogen-bond acceptors (Lipinski definition) is 4. The lowest BCUT2D eigenvalue weighted by molar-refractivity contribution is -0.128. The van der Waals surface area contributed by atoms with Gasteiger partial charge in [0.15, 0.2) is 0 Å². The van der Waals surface area contributed by atoms with Crippen molar-refractivity contribution in [2.45, 2.75) is 5.75 Å². The van der Waals surface area contributed by atoms with Crippen LogP contribution in [0.1, 0.15) is 5.56 Å².